The summed E-state index contributed by atoms with van der Waals surface area (Å²) in [5, 5.41) is 0. The number of hydrogen-bond acceptors (Lipinski definition) is 9. The number of hydrogen-bond donors (Lipinski definition) is 1. The molecule has 1 fully saturated rings. The van der Waals surface area contributed by atoms with Crippen molar-refractivity contribution in [2.24, 2.45) is 0 Å². The normalized spacial score (nSPS) is 21.9. The van der Waals surface area contributed by atoms with Crippen molar-refractivity contribution in [3.05, 3.63) is 52.1 Å². The van der Waals surface area contributed by atoms with Crippen LogP contribution in [0, 0.1) is 11.6 Å². The summed E-state index contributed by atoms with van der Waals surface area (Å²) >= 11 is 0. The summed E-state index contributed by atoms with van der Waals surface area (Å²) in [4.78, 5) is 44.8. The fourth-order valence-corrected chi connectivity index (χ4v) is 3.91. The summed E-state index contributed by atoms with van der Waals surface area (Å²) in [5.74, 6) is -4.02. The first kappa shape index (κ1) is 24.2. The van der Waals surface area contributed by atoms with Crippen molar-refractivity contribution in [3.63, 3.8) is 0 Å². The molecule has 4 atom stereocenters. The molecule has 1 aromatic carbocycles. The van der Waals surface area contributed by atoms with Gasteiger partial charge in [-0.15, -0.1) is 0 Å². The van der Waals surface area contributed by atoms with Crippen molar-refractivity contribution < 1.29 is 37.0 Å². The first-order valence-electron chi connectivity index (χ1n) is 10.3. The van der Waals surface area contributed by atoms with Crippen LogP contribution in [-0.4, -0.2) is 56.5 Å². The molecule has 0 spiro atoms. The number of fused-ring (bicyclic) bond motifs is 1. The third kappa shape index (κ3) is 4.56. The molecule has 2 N–H and O–H groups in total. The van der Waals surface area contributed by atoms with Gasteiger partial charge in [0.25, 0.3) is 0 Å². The second-order valence-electron chi connectivity index (χ2n) is 7.79. The number of anilines is 1. The lowest BCUT2D eigenvalue weighted by molar-refractivity contribution is -0.154. The highest BCUT2D eigenvalue weighted by atomic mass is 19.2. The number of nitrogen functional groups attached to an aromatic ring is 1. The number of esters is 2. The van der Waals surface area contributed by atoms with Crippen molar-refractivity contribution in [2.45, 2.75) is 44.5 Å². The third-order valence-electron chi connectivity index (χ3n) is 5.47. The van der Waals surface area contributed by atoms with Crippen LogP contribution in [0.2, 0.25) is 0 Å². The van der Waals surface area contributed by atoms with E-state index in [-0.39, 0.29) is 29.2 Å². The summed E-state index contributed by atoms with van der Waals surface area (Å²) < 4.78 is 59.7. The van der Waals surface area contributed by atoms with Gasteiger partial charge in [-0.2, -0.15) is 4.98 Å². The Balaban J connectivity index is 1.84. The molecule has 186 valence electrons. The Labute approximate surface area is 195 Å². The minimum atomic E-state index is -1.99. The van der Waals surface area contributed by atoms with Crippen LogP contribution in [0.4, 0.5) is 19.1 Å². The molecule has 4 rings (SSSR count). The smallest absolute Gasteiger partial charge is 0.332 e. The molecule has 0 bridgehead atoms. The molecule has 0 amide bonds. The zero-order chi connectivity index (χ0) is 25.4. The number of imidazole rings is 1. The van der Waals surface area contributed by atoms with E-state index in [4.69, 9.17) is 15.2 Å². The van der Waals surface area contributed by atoms with Crippen molar-refractivity contribution in [3.8, 4) is 0 Å². The lowest BCUT2D eigenvalue weighted by Gasteiger charge is -2.19. The first-order chi connectivity index (χ1) is 16.6. The fourth-order valence-electron chi connectivity index (χ4n) is 3.91. The van der Waals surface area contributed by atoms with Crippen LogP contribution in [0.5, 0.6) is 0 Å². The second kappa shape index (κ2) is 9.37. The lowest BCUT2D eigenvalue weighted by Crippen LogP contribution is -2.37. The van der Waals surface area contributed by atoms with Gasteiger partial charge >= 0.3 is 17.6 Å². The Morgan fingerprint density at radius 3 is 2.66 bits per heavy atom. The van der Waals surface area contributed by atoms with E-state index in [1.807, 2.05) is 0 Å². The number of carbonyl (C=O) groups excluding carboxylic acids is 2. The van der Waals surface area contributed by atoms with Gasteiger partial charge in [-0.3, -0.25) is 14.2 Å². The van der Waals surface area contributed by atoms with Crippen LogP contribution in [0.15, 0.2) is 29.2 Å². The molecule has 0 radical (unpaired) electrons. The van der Waals surface area contributed by atoms with Crippen LogP contribution < -0.4 is 11.4 Å². The van der Waals surface area contributed by atoms with Crippen molar-refractivity contribution in [1.29, 1.82) is 0 Å². The first-order valence-corrected chi connectivity index (χ1v) is 10.3. The maximum atomic E-state index is 15.2. The predicted molar refractivity (Wildman–Crippen MR) is 113 cm³/mol. The predicted octanol–water partition coefficient (Wildman–Crippen LogP) is 1.23. The summed E-state index contributed by atoms with van der Waals surface area (Å²) in [6.45, 7) is 0.815. The minimum Gasteiger partial charge on any atom is -0.469 e. The van der Waals surface area contributed by atoms with Gasteiger partial charge in [0.1, 0.15) is 11.6 Å². The van der Waals surface area contributed by atoms with Gasteiger partial charge in [-0.25, -0.2) is 27.5 Å². The summed E-state index contributed by atoms with van der Waals surface area (Å²) in [7, 11) is 1.11. The number of aromatic nitrogens is 4. The Kier molecular flexibility index (Phi) is 6.47. The highest BCUT2D eigenvalue weighted by Crippen LogP contribution is 2.36. The number of carbonyl (C=O) groups is 2. The number of halogens is 3. The molecule has 1 aliphatic heterocycles. The molecule has 1 aliphatic rings. The van der Waals surface area contributed by atoms with Gasteiger partial charge in [0, 0.05) is 6.92 Å². The summed E-state index contributed by atoms with van der Waals surface area (Å²) in [6, 6.07) is 3.11. The average Bonchev–Trinajstić information content (AvgIpc) is 3.23. The molecule has 2 aromatic heterocycles. The SMILES string of the molecule is COC(=O)C[C@H]1O[C@@H](n2c(=O)n(Cc3ccc(F)c(F)c3)c3cnc(N)nc32)[C@H](OC(C)=O)[C@@H]1F. The highest BCUT2D eigenvalue weighted by molar-refractivity contribution is 5.72. The number of benzene rings is 1. The number of ether oxygens (including phenoxy) is 3. The number of nitrogens with two attached hydrogens (primary N) is 1. The molecule has 1 saturated heterocycles. The molecule has 11 nitrogen and oxygen atoms in total. The molecule has 0 unspecified atom stereocenters. The van der Waals surface area contributed by atoms with E-state index in [2.05, 4.69) is 14.7 Å². The van der Waals surface area contributed by atoms with E-state index in [0.717, 1.165) is 35.3 Å². The zero-order valence-corrected chi connectivity index (χ0v) is 18.5. The largest absolute Gasteiger partial charge is 0.469 e. The zero-order valence-electron chi connectivity index (χ0n) is 18.5. The molecule has 0 aliphatic carbocycles. The Hall–Kier alpha value is -3.94. The minimum absolute atomic E-state index is 0.0850. The number of rotatable bonds is 6. The van der Waals surface area contributed by atoms with E-state index < -0.39 is 60.3 Å². The quantitative estimate of drug-likeness (QED) is 0.500. The van der Waals surface area contributed by atoms with Crippen LogP contribution in [0.1, 0.15) is 25.1 Å². The highest BCUT2D eigenvalue weighted by Gasteiger charge is 2.50. The number of alkyl halides is 1. The monoisotopic (exact) mass is 495 g/mol. The molecular formula is C21H20F3N5O6. The lowest BCUT2D eigenvalue weighted by atomic mass is 10.1. The van der Waals surface area contributed by atoms with E-state index in [9.17, 15) is 23.2 Å². The van der Waals surface area contributed by atoms with Crippen LogP contribution >= 0.6 is 0 Å². The molecule has 3 heterocycles. The topological polar surface area (TPSA) is 141 Å². The fraction of sp³-hybridized carbons (Fsp3) is 0.381. The van der Waals surface area contributed by atoms with Crippen molar-refractivity contribution in [2.75, 3.05) is 12.8 Å². The van der Waals surface area contributed by atoms with Gasteiger partial charge in [-0.1, -0.05) is 6.07 Å². The summed E-state index contributed by atoms with van der Waals surface area (Å²) in [5.41, 5.74) is 5.15. The van der Waals surface area contributed by atoms with Crippen molar-refractivity contribution >= 4 is 29.1 Å². The van der Waals surface area contributed by atoms with E-state index in [1.54, 1.807) is 0 Å². The molecular weight excluding hydrogens is 475 g/mol. The molecule has 3 aromatic rings. The van der Waals surface area contributed by atoms with Gasteiger partial charge in [0.05, 0.1) is 26.3 Å². The van der Waals surface area contributed by atoms with E-state index in [0.29, 0.717) is 0 Å². The second-order valence-corrected chi connectivity index (χ2v) is 7.79. The Bertz CT molecular complexity index is 1360. The third-order valence-corrected chi connectivity index (χ3v) is 5.47. The Morgan fingerprint density at radius 1 is 1.26 bits per heavy atom. The van der Waals surface area contributed by atoms with Gasteiger partial charge < -0.3 is 19.9 Å². The van der Waals surface area contributed by atoms with Crippen molar-refractivity contribution in [1.82, 2.24) is 19.1 Å². The maximum absolute atomic E-state index is 15.2. The Morgan fingerprint density at radius 2 is 2.00 bits per heavy atom. The molecule has 35 heavy (non-hydrogen) atoms. The van der Waals surface area contributed by atoms with Crippen LogP contribution in [0.3, 0.4) is 0 Å². The van der Waals surface area contributed by atoms with Crippen LogP contribution in [-0.2, 0) is 30.3 Å². The van der Waals surface area contributed by atoms with E-state index >= 15 is 4.39 Å². The van der Waals surface area contributed by atoms with Gasteiger partial charge in [-0.05, 0) is 17.7 Å². The maximum Gasteiger partial charge on any atom is 0.332 e. The average molecular weight is 495 g/mol. The number of methoxy groups -OCH3 is 1. The number of nitrogens with zero attached hydrogens (tertiary/aromatic N) is 4. The molecule has 0 saturated carbocycles. The van der Waals surface area contributed by atoms with Gasteiger partial charge in [0.15, 0.2) is 35.8 Å². The summed E-state index contributed by atoms with van der Waals surface area (Å²) in [6.07, 6.45) is -5.81. The standard InChI is InChI=1S/C21H20F3N5O6/c1-9(30)34-17-16(24)14(6-15(31)33-2)35-19(17)29-18-13(7-26-20(25)27-18)28(21(29)32)8-10-3-4-11(22)12(23)5-10/h3-5,7,14,16-17,19H,6,8H2,1-2H3,(H2,25,26,27)/t14-,16-,17-,19-/m1/s1. The van der Waals surface area contributed by atoms with Crippen LogP contribution in [0.25, 0.3) is 11.2 Å². The molecule has 14 heteroatoms. The van der Waals surface area contributed by atoms with Gasteiger partial charge in [0.2, 0.25) is 5.95 Å². The van der Waals surface area contributed by atoms with E-state index in [1.165, 1.54) is 12.3 Å².